The average Bonchev–Trinajstić information content (AvgIpc) is 3.10. The third-order valence-corrected chi connectivity index (χ3v) is 6.44. The maximum Gasteiger partial charge on any atom is 0.353 e. The van der Waals surface area contributed by atoms with Crippen molar-refractivity contribution in [2.75, 3.05) is 0 Å². The Morgan fingerprint density at radius 1 is 1.50 bits per heavy atom. The van der Waals surface area contributed by atoms with Gasteiger partial charge in [0, 0.05) is 16.2 Å². The van der Waals surface area contributed by atoms with Crippen LogP contribution in [0.1, 0.15) is 29.3 Å². The number of fused-ring (bicyclic) bond motifs is 1. The van der Waals surface area contributed by atoms with Crippen molar-refractivity contribution in [3.8, 4) is 0 Å². The number of carboxylic acid groups (broad SMARTS) is 1. The molecule has 26 heavy (non-hydrogen) atoms. The fraction of sp³-hybridized carbons (Fsp3) is 0.375. The van der Waals surface area contributed by atoms with Crippen LogP contribution in [0, 0.1) is 11.8 Å². The van der Waals surface area contributed by atoms with Crippen LogP contribution in [0.4, 0.5) is 0 Å². The zero-order valence-electron chi connectivity index (χ0n) is 13.9. The van der Waals surface area contributed by atoms with Gasteiger partial charge >= 0.3 is 5.97 Å². The van der Waals surface area contributed by atoms with E-state index in [-0.39, 0.29) is 28.6 Å². The molecule has 3 heterocycles. The number of hydrogen-bond donors (Lipinski definition) is 3. The maximum absolute atomic E-state index is 12.2. The lowest BCUT2D eigenvalue weighted by Gasteiger charge is -2.46. The van der Waals surface area contributed by atoms with Crippen LogP contribution in [0.5, 0.6) is 0 Å². The number of β-lactam (4-membered cyclic amide) rings is 1. The minimum Gasteiger partial charge on any atom is -0.477 e. The standard InChI is InChI=1S/C16H17N3O5S2/c1-6-10-9(7(2)20)15(22)19(10)11(16(23)24)12(6)25-4-3-8-5-26-14(18-8)13(17)21/h3-7,9-10,20H,1-2H3,(H2,17,21)(H,23,24)/b4-3-/t6-,7-,9-,10-/m1/s1. The number of aromatic nitrogens is 1. The molecule has 0 aromatic carbocycles. The van der Waals surface area contributed by atoms with Crippen molar-refractivity contribution in [1.29, 1.82) is 0 Å². The maximum atomic E-state index is 12.2. The first-order chi connectivity index (χ1) is 12.2. The van der Waals surface area contributed by atoms with E-state index in [1.807, 2.05) is 6.92 Å². The van der Waals surface area contributed by atoms with E-state index in [0.717, 1.165) is 11.3 Å². The molecular weight excluding hydrogens is 378 g/mol. The molecule has 138 valence electrons. The van der Waals surface area contributed by atoms with Gasteiger partial charge in [-0.05, 0) is 18.4 Å². The summed E-state index contributed by atoms with van der Waals surface area (Å²) in [5.74, 6) is -2.92. The molecule has 2 aliphatic rings. The number of aliphatic hydroxyl groups is 1. The van der Waals surface area contributed by atoms with Crippen LogP contribution in [0.3, 0.4) is 0 Å². The molecule has 1 aromatic heterocycles. The fourth-order valence-electron chi connectivity index (χ4n) is 3.33. The number of hydrogen-bond acceptors (Lipinski definition) is 7. The van der Waals surface area contributed by atoms with E-state index in [1.165, 1.54) is 23.6 Å². The highest BCUT2D eigenvalue weighted by atomic mass is 32.2. The molecular formula is C16H17N3O5S2. The van der Waals surface area contributed by atoms with Gasteiger partial charge in [0.05, 0.1) is 23.8 Å². The van der Waals surface area contributed by atoms with E-state index in [1.54, 1.807) is 16.9 Å². The van der Waals surface area contributed by atoms with Gasteiger partial charge in [-0.2, -0.15) is 0 Å². The highest BCUT2D eigenvalue weighted by molar-refractivity contribution is 8.06. The van der Waals surface area contributed by atoms with Crippen molar-refractivity contribution in [2.24, 2.45) is 17.6 Å². The van der Waals surface area contributed by atoms with Crippen molar-refractivity contribution in [3.63, 3.8) is 0 Å². The topological polar surface area (TPSA) is 134 Å². The van der Waals surface area contributed by atoms with Crippen LogP contribution in [0.15, 0.2) is 21.4 Å². The van der Waals surface area contributed by atoms with Gasteiger partial charge in [-0.25, -0.2) is 9.78 Å². The van der Waals surface area contributed by atoms with Crippen molar-refractivity contribution in [2.45, 2.75) is 26.0 Å². The Kier molecular flexibility index (Phi) is 4.91. The van der Waals surface area contributed by atoms with Gasteiger partial charge in [0.25, 0.3) is 5.91 Å². The van der Waals surface area contributed by atoms with Crippen LogP contribution in [0.2, 0.25) is 0 Å². The Hall–Kier alpha value is -2.17. The van der Waals surface area contributed by atoms with E-state index in [4.69, 9.17) is 5.73 Å². The first-order valence-corrected chi connectivity index (χ1v) is 9.57. The minimum atomic E-state index is -1.17. The molecule has 3 rings (SSSR count). The smallest absolute Gasteiger partial charge is 0.353 e. The SMILES string of the molecule is C[C@@H](O)[C@H]1C(=O)N2C(C(=O)O)=C(S/C=C\c3csc(C(N)=O)n3)[C@H](C)[C@H]12. The van der Waals surface area contributed by atoms with Crippen LogP contribution < -0.4 is 5.73 Å². The summed E-state index contributed by atoms with van der Waals surface area (Å²) < 4.78 is 0. The molecule has 1 fully saturated rings. The molecule has 0 spiro atoms. The summed E-state index contributed by atoms with van der Waals surface area (Å²) in [5, 5.41) is 22.9. The minimum absolute atomic E-state index is 0.0323. The normalized spacial score (nSPS) is 26.2. The lowest BCUT2D eigenvalue weighted by Crippen LogP contribution is -2.63. The zero-order chi connectivity index (χ0) is 19.2. The summed E-state index contributed by atoms with van der Waals surface area (Å²) >= 11 is 2.32. The van der Waals surface area contributed by atoms with Crippen LogP contribution in [-0.2, 0) is 9.59 Å². The Bertz CT molecular complexity index is 845. The second-order valence-corrected chi connectivity index (χ2v) is 7.94. The van der Waals surface area contributed by atoms with Crippen LogP contribution in [-0.4, -0.2) is 50.0 Å². The van der Waals surface area contributed by atoms with Gasteiger partial charge in [-0.3, -0.25) is 9.59 Å². The summed E-state index contributed by atoms with van der Waals surface area (Å²) in [5.41, 5.74) is 5.67. The number of carbonyl (C=O) groups excluding carboxylic acids is 2. The van der Waals surface area contributed by atoms with Crippen molar-refractivity contribution < 1.29 is 24.6 Å². The van der Waals surface area contributed by atoms with E-state index in [9.17, 15) is 24.6 Å². The van der Waals surface area contributed by atoms with Gasteiger partial charge in [0.1, 0.15) is 5.70 Å². The van der Waals surface area contributed by atoms with Gasteiger partial charge in [-0.1, -0.05) is 18.7 Å². The number of thioether (sulfide) groups is 1. The predicted molar refractivity (Wildman–Crippen MR) is 96.9 cm³/mol. The van der Waals surface area contributed by atoms with Crippen molar-refractivity contribution in [3.05, 3.63) is 32.1 Å². The second-order valence-electron chi connectivity index (χ2n) is 6.13. The van der Waals surface area contributed by atoms with E-state index >= 15 is 0 Å². The molecule has 1 saturated heterocycles. The number of rotatable bonds is 6. The Morgan fingerprint density at radius 2 is 2.19 bits per heavy atom. The second kappa shape index (κ2) is 6.86. The highest BCUT2D eigenvalue weighted by Crippen LogP contribution is 2.50. The largest absolute Gasteiger partial charge is 0.477 e. The summed E-state index contributed by atoms with van der Waals surface area (Å²) in [4.78, 5) is 40.9. The first-order valence-electron chi connectivity index (χ1n) is 7.81. The highest BCUT2D eigenvalue weighted by Gasteiger charge is 2.59. The number of nitrogens with zero attached hydrogens (tertiary/aromatic N) is 2. The number of amides is 2. The number of thiazole rings is 1. The molecule has 1 aromatic rings. The average molecular weight is 395 g/mol. The molecule has 2 amide bonds. The number of carboxylic acids is 1. The molecule has 4 N–H and O–H groups in total. The summed E-state index contributed by atoms with van der Waals surface area (Å²) in [6.45, 7) is 3.39. The monoisotopic (exact) mass is 395 g/mol. The fourth-order valence-corrected chi connectivity index (χ4v) is 4.97. The molecule has 2 aliphatic heterocycles. The number of aliphatic carboxylic acids is 1. The summed E-state index contributed by atoms with van der Waals surface area (Å²) in [7, 11) is 0. The third kappa shape index (κ3) is 2.93. The van der Waals surface area contributed by atoms with Crippen molar-refractivity contribution >= 4 is 47.0 Å². The van der Waals surface area contributed by atoms with Gasteiger partial charge in [0.2, 0.25) is 5.91 Å². The zero-order valence-corrected chi connectivity index (χ0v) is 15.6. The Balaban J connectivity index is 1.81. The molecule has 4 atom stereocenters. The summed E-state index contributed by atoms with van der Waals surface area (Å²) in [6.07, 6.45) is 0.819. The number of nitrogens with two attached hydrogens (primary N) is 1. The van der Waals surface area contributed by atoms with Crippen LogP contribution in [0.25, 0.3) is 6.08 Å². The molecule has 0 radical (unpaired) electrons. The lowest BCUT2D eigenvalue weighted by molar-refractivity contribution is -0.163. The lowest BCUT2D eigenvalue weighted by atomic mass is 9.79. The van der Waals surface area contributed by atoms with Crippen LogP contribution >= 0.6 is 23.1 Å². The first kappa shape index (κ1) is 18.6. The molecule has 8 nitrogen and oxygen atoms in total. The van der Waals surface area contributed by atoms with Gasteiger partial charge < -0.3 is 20.8 Å². The molecule has 0 unspecified atom stereocenters. The Morgan fingerprint density at radius 3 is 2.73 bits per heavy atom. The third-order valence-electron chi connectivity index (χ3n) is 4.48. The van der Waals surface area contributed by atoms with Crippen molar-refractivity contribution in [1.82, 2.24) is 9.88 Å². The summed E-state index contributed by atoms with van der Waals surface area (Å²) in [6, 6.07) is -0.342. The van der Waals surface area contributed by atoms with E-state index in [0.29, 0.717) is 10.6 Å². The number of aliphatic hydroxyl groups excluding tert-OH is 1. The van der Waals surface area contributed by atoms with E-state index in [2.05, 4.69) is 4.98 Å². The van der Waals surface area contributed by atoms with Gasteiger partial charge in [-0.15, -0.1) is 11.3 Å². The number of carbonyl (C=O) groups is 3. The molecule has 0 aliphatic carbocycles. The van der Waals surface area contributed by atoms with Gasteiger partial charge in [0.15, 0.2) is 5.01 Å². The van der Waals surface area contributed by atoms with E-state index < -0.39 is 23.9 Å². The predicted octanol–water partition coefficient (Wildman–Crippen LogP) is 1.10. The molecule has 0 saturated carbocycles. The quantitative estimate of drug-likeness (QED) is 0.614. The molecule has 0 bridgehead atoms. The molecule has 10 heteroatoms. The Labute approximate surface area is 157 Å². The number of primary amides is 1.